The Morgan fingerprint density at radius 2 is 0.872 bits per heavy atom. The zero-order valence-electron chi connectivity index (χ0n) is 32.2. The number of esters is 1. The molecule has 0 N–H and O–H groups in total. The predicted octanol–water partition coefficient (Wildman–Crippen LogP) is 14.0. The minimum atomic E-state index is 0.0221. The lowest BCUT2D eigenvalue weighted by Crippen LogP contribution is -2.19. The van der Waals surface area contributed by atoms with Crippen LogP contribution in [-0.2, 0) is 9.53 Å². The maximum absolute atomic E-state index is 12.6. The van der Waals surface area contributed by atoms with Gasteiger partial charge in [0.1, 0.15) is 6.10 Å². The van der Waals surface area contributed by atoms with Gasteiger partial charge in [-0.3, -0.25) is 4.79 Å². The summed E-state index contributed by atoms with van der Waals surface area (Å²) in [6.07, 6.45) is 53.9. The molecule has 3 nitrogen and oxygen atoms in total. The minimum absolute atomic E-state index is 0.0221. The quantitative estimate of drug-likeness (QED) is 0.0382. The van der Waals surface area contributed by atoms with Crippen molar-refractivity contribution in [1.82, 2.24) is 4.90 Å². The van der Waals surface area contributed by atoms with Gasteiger partial charge in [-0.05, 0) is 123 Å². The molecule has 0 fully saturated rings. The van der Waals surface area contributed by atoms with Crippen LogP contribution >= 0.6 is 0 Å². The summed E-state index contributed by atoms with van der Waals surface area (Å²) >= 11 is 0. The first-order valence-electron chi connectivity index (χ1n) is 20.5. The maximum Gasteiger partial charge on any atom is 0.306 e. The zero-order valence-corrected chi connectivity index (χ0v) is 32.2. The van der Waals surface area contributed by atoms with Gasteiger partial charge in [-0.1, -0.05) is 140 Å². The average molecular weight is 656 g/mol. The molecule has 0 saturated carbocycles. The highest BCUT2D eigenvalue weighted by Crippen LogP contribution is 2.18. The Bertz CT molecular complexity index is 702. The standard InChI is InChI=1S/C44H81NO2/c1-5-7-9-11-13-15-17-19-21-23-25-27-29-31-33-35-39-43(47-44(46)41-37-38-42-45(3)4)40-36-34-32-30-28-26-24-22-20-18-16-14-12-10-8-6-2/h13-16,19-22,43H,5-12,17-18,23-42H2,1-4H3/b15-13+,16-14+,21-19+,22-20+. The van der Waals surface area contributed by atoms with E-state index in [2.05, 4.69) is 81.5 Å². The lowest BCUT2D eigenvalue weighted by Gasteiger charge is -2.18. The molecule has 0 atom stereocenters. The Kier molecular flexibility index (Phi) is 37.5. The second kappa shape index (κ2) is 38.8. The van der Waals surface area contributed by atoms with E-state index < -0.39 is 0 Å². The van der Waals surface area contributed by atoms with E-state index in [1.807, 2.05) is 0 Å². The molecule has 0 amide bonds. The molecule has 47 heavy (non-hydrogen) atoms. The first-order chi connectivity index (χ1) is 23.1. The van der Waals surface area contributed by atoms with Crippen molar-refractivity contribution in [2.75, 3.05) is 20.6 Å². The van der Waals surface area contributed by atoms with Crippen molar-refractivity contribution in [3.63, 3.8) is 0 Å². The van der Waals surface area contributed by atoms with Gasteiger partial charge in [-0.2, -0.15) is 0 Å². The SMILES string of the molecule is CCCCC/C=C/C/C=C/CCCCCCCCC(CCCCCCCC/C=C/C/C=C/CCCCC)OC(=O)CCCCN(C)C. The maximum atomic E-state index is 12.6. The van der Waals surface area contributed by atoms with Crippen molar-refractivity contribution in [1.29, 1.82) is 0 Å². The fraction of sp³-hybridized carbons (Fsp3) is 0.795. The normalized spacial score (nSPS) is 12.4. The van der Waals surface area contributed by atoms with E-state index in [4.69, 9.17) is 4.74 Å². The smallest absolute Gasteiger partial charge is 0.306 e. The van der Waals surface area contributed by atoms with E-state index in [1.54, 1.807) is 0 Å². The Morgan fingerprint density at radius 3 is 1.28 bits per heavy atom. The van der Waals surface area contributed by atoms with Crippen molar-refractivity contribution in [2.45, 2.75) is 206 Å². The summed E-state index contributed by atoms with van der Waals surface area (Å²) in [6, 6.07) is 0. The van der Waals surface area contributed by atoms with Gasteiger partial charge in [0.15, 0.2) is 0 Å². The van der Waals surface area contributed by atoms with E-state index in [1.165, 1.54) is 141 Å². The Morgan fingerprint density at radius 1 is 0.489 bits per heavy atom. The van der Waals surface area contributed by atoms with Gasteiger partial charge >= 0.3 is 5.97 Å². The summed E-state index contributed by atoms with van der Waals surface area (Å²) < 4.78 is 6.03. The van der Waals surface area contributed by atoms with Gasteiger partial charge in [0.25, 0.3) is 0 Å². The van der Waals surface area contributed by atoms with Crippen LogP contribution in [0.3, 0.4) is 0 Å². The number of nitrogens with zero attached hydrogens (tertiary/aromatic N) is 1. The number of hydrogen-bond donors (Lipinski definition) is 0. The lowest BCUT2D eigenvalue weighted by atomic mass is 10.0. The highest BCUT2D eigenvalue weighted by Gasteiger charge is 2.14. The van der Waals surface area contributed by atoms with Crippen LogP contribution in [0.1, 0.15) is 200 Å². The molecule has 0 spiro atoms. The molecule has 0 aromatic heterocycles. The highest BCUT2D eigenvalue weighted by atomic mass is 16.5. The third-order valence-electron chi connectivity index (χ3n) is 8.99. The van der Waals surface area contributed by atoms with Gasteiger partial charge in [-0.15, -0.1) is 0 Å². The zero-order chi connectivity index (χ0) is 34.3. The van der Waals surface area contributed by atoms with Crippen LogP contribution in [0.15, 0.2) is 48.6 Å². The van der Waals surface area contributed by atoms with Crippen LogP contribution in [0.5, 0.6) is 0 Å². The first kappa shape index (κ1) is 45.4. The van der Waals surface area contributed by atoms with E-state index in [0.29, 0.717) is 6.42 Å². The summed E-state index contributed by atoms with van der Waals surface area (Å²) in [5.41, 5.74) is 0. The fourth-order valence-electron chi connectivity index (χ4n) is 5.92. The van der Waals surface area contributed by atoms with Crippen LogP contribution in [-0.4, -0.2) is 37.6 Å². The summed E-state index contributed by atoms with van der Waals surface area (Å²) in [5.74, 6) is 0.0221. The van der Waals surface area contributed by atoms with Crippen LogP contribution in [0, 0.1) is 0 Å². The molecular formula is C44H81NO2. The highest BCUT2D eigenvalue weighted by molar-refractivity contribution is 5.69. The van der Waals surface area contributed by atoms with Crippen LogP contribution in [0.4, 0.5) is 0 Å². The molecule has 0 aliphatic carbocycles. The van der Waals surface area contributed by atoms with Gasteiger partial charge in [0.05, 0.1) is 0 Å². The molecule has 0 saturated heterocycles. The number of carbonyl (C=O) groups is 1. The molecule has 0 unspecified atom stereocenters. The summed E-state index contributed by atoms with van der Waals surface area (Å²) in [7, 11) is 4.18. The monoisotopic (exact) mass is 656 g/mol. The van der Waals surface area contributed by atoms with E-state index >= 15 is 0 Å². The molecule has 3 heteroatoms. The van der Waals surface area contributed by atoms with Crippen LogP contribution < -0.4 is 0 Å². The molecular weight excluding hydrogens is 574 g/mol. The average Bonchev–Trinajstić information content (AvgIpc) is 3.06. The number of allylic oxidation sites excluding steroid dienone is 8. The van der Waals surface area contributed by atoms with Crippen molar-refractivity contribution >= 4 is 5.97 Å². The molecule has 0 aliphatic rings. The summed E-state index contributed by atoms with van der Waals surface area (Å²) in [4.78, 5) is 14.8. The second-order valence-corrected chi connectivity index (χ2v) is 14.1. The number of unbranched alkanes of at least 4 members (excludes halogenated alkanes) is 19. The topological polar surface area (TPSA) is 29.5 Å². The van der Waals surface area contributed by atoms with E-state index in [0.717, 1.165) is 45.1 Å². The van der Waals surface area contributed by atoms with Gasteiger partial charge in [0.2, 0.25) is 0 Å². The van der Waals surface area contributed by atoms with Crippen molar-refractivity contribution in [3.05, 3.63) is 48.6 Å². The van der Waals surface area contributed by atoms with E-state index in [9.17, 15) is 4.79 Å². The predicted molar refractivity (Wildman–Crippen MR) is 210 cm³/mol. The Hall–Kier alpha value is -1.61. The van der Waals surface area contributed by atoms with Crippen molar-refractivity contribution in [3.8, 4) is 0 Å². The first-order valence-corrected chi connectivity index (χ1v) is 20.5. The Labute approximate surface area is 295 Å². The fourth-order valence-corrected chi connectivity index (χ4v) is 5.92. The van der Waals surface area contributed by atoms with E-state index in [-0.39, 0.29) is 12.1 Å². The Balaban J connectivity index is 4.06. The number of carbonyl (C=O) groups excluding carboxylic acids is 1. The van der Waals surface area contributed by atoms with Crippen molar-refractivity contribution in [2.24, 2.45) is 0 Å². The molecule has 274 valence electrons. The third kappa shape index (κ3) is 38.7. The molecule has 0 radical (unpaired) electrons. The molecule has 0 rings (SSSR count). The summed E-state index contributed by atoms with van der Waals surface area (Å²) in [5, 5.41) is 0. The molecule has 0 aliphatic heterocycles. The minimum Gasteiger partial charge on any atom is -0.462 e. The largest absolute Gasteiger partial charge is 0.462 e. The number of rotatable bonds is 36. The lowest BCUT2D eigenvalue weighted by molar-refractivity contribution is -0.150. The second-order valence-electron chi connectivity index (χ2n) is 14.1. The third-order valence-corrected chi connectivity index (χ3v) is 8.99. The van der Waals surface area contributed by atoms with Gasteiger partial charge < -0.3 is 9.64 Å². The number of ether oxygens (including phenoxy) is 1. The molecule has 0 aromatic carbocycles. The molecule has 0 aromatic rings. The van der Waals surface area contributed by atoms with Crippen LogP contribution in [0.2, 0.25) is 0 Å². The molecule has 0 bridgehead atoms. The number of hydrogen-bond acceptors (Lipinski definition) is 3. The van der Waals surface area contributed by atoms with Gasteiger partial charge in [0, 0.05) is 6.42 Å². The van der Waals surface area contributed by atoms with Gasteiger partial charge in [-0.25, -0.2) is 0 Å². The summed E-state index contributed by atoms with van der Waals surface area (Å²) in [6.45, 7) is 5.56. The molecule has 0 heterocycles. The van der Waals surface area contributed by atoms with Crippen molar-refractivity contribution < 1.29 is 9.53 Å². The van der Waals surface area contributed by atoms with Crippen LogP contribution in [0.25, 0.3) is 0 Å².